The number of amides is 1. The summed E-state index contributed by atoms with van der Waals surface area (Å²) in [4.78, 5) is 25.0. The van der Waals surface area contributed by atoms with Gasteiger partial charge in [0.15, 0.2) is 0 Å². The molecule has 5 heteroatoms. The summed E-state index contributed by atoms with van der Waals surface area (Å²) >= 11 is 3.43. The number of aliphatic carboxylic acids is 1. The van der Waals surface area contributed by atoms with Crippen molar-refractivity contribution >= 4 is 27.8 Å². The second-order valence-corrected chi connectivity index (χ2v) is 6.17. The van der Waals surface area contributed by atoms with Crippen molar-refractivity contribution in [2.45, 2.75) is 32.7 Å². The normalized spacial score (nSPS) is 19.9. The molecule has 1 heterocycles. The van der Waals surface area contributed by atoms with Gasteiger partial charge in [0, 0.05) is 11.0 Å². The van der Waals surface area contributed by atoms with Crippen molar-refractivity contribution in [2.24, 2.45) is 5.92 Å². The van der Waals surface area contributed by atoms with Gasteiger partial charge in [-0.1, -0.05) is 22.0 Å². The molecular weight excluding hydrogens is 322 g/mol. The lowest BCUT2D eigenvalue weighted by Crippen LogP contribution is -2.37. The van der Waals surface area contributed by atoms with E-state index in [1.807, 2.05) is 25.1 Å². The lowest BCUT2D eigenvalue weighted by atomic mass is 9.98. The molecule has 0 spiro atoms. The third-order valence-electron chi connectivity index (χ3n) is 3.87. The van der Waals surface area contributed by atoms with E-state index >= 15 is 0 Å². The van der Waals surface area contributed by atoms with E-state index in [1.165, 1.54) is 6.92 Å². The highest BCUT2D eigenvalue weighted by Gasteiger charge is 2.35. The number of hydrogen-bond donors (Lipinski definition) is 1. The smallest absolute Gasteiger partial charge is 0.315 e. The molecule has 1 N–H and O–H groups in total. The molecule has 108 valence electrons. The topological polar surface area (TPSA) is 57.6 Å². The van der Waals surface area contributed by atoms with Crippen LogP contribution in [-0.4, -0.2) is 28.4 Å². The molecule has 1 aliphatic rings. The average molecular weight is 340 g/mol. The van der Waals surface area contributed by atoms with Crippen LogP contribution in [0, 0.1) is 12.8 Å². The van der Waals surface area contributed by atoms with Gasteiger partial charge in [0.05, 0.1) is 6.04 Å². The molecule has 1 aromatic carbocycles. The lowest BCUT2D eigenvalue weighted by molar-refractivity contribution is -0.150. The Morgan fingerprint density at radius 2 is 2.15 bits per heavy atom. The first-order valence-corrected chi connectivity index (χ1v) is 7.50. The van der Waals surface area contributed by atoms with Gasteiger partial charge in [-0.3, -0.25) is 9.59 Å². The summed E-state index contributed by atoms with van der Waals surface area (Å²) in [5.74, 6) is -2.33. The van der Waals surface area contributed by atoms with Crippen LogP contribution in [0.5, 0.6) is 0 Å². The molecule has 0 radical (unpaired) electrons. The standard InChI is InChI=1S/C15H18BrNO3/c1-9-8-11(16)5-6-12(9)13-4-3-7-17(13)14(18)10(2)15(19)20/h5-6,8,10,13H,3-4,7H2,1-2H3,(H,19,20). The number of likely N-dealkylation sites (tertiary alicyclic amines) is 1. The Balaban J connectivity index is 2.27. The van der Waals surface area contributed by atoms with Crippen LogP contribution in [0.1, 0.15) is 36.9 Å². The molecule has 2 rings (SSSR count). The van der Waals surface area contributed by atoms with Crippen LogP contribution in [0.4, 0.5) is 0 Å². The number of carboxylic acid groups (broad SMARTS) is 1. The van der Waals surface area contributed by atoms with Crippen LogP contribution in [0.2, 0.25) is 0 Å². The summed E-state index contributed by atoms with van der Waals surface area (Å²) in [5, 5.41) is 9.01. The fourth-order valence-corrected chi connectivity index (χ4v) is 3.20. The van der Waals surface area contributed by atoms with Crippen molar-refractivity contribution in [3.05, 3.63) is 33.8 Å². The quantitative estimate of drug-likeness (QED) is 0.860. The van der Waals surface area contributed by atoms with Gasteiger partial charge in [-0.25, -0.2) is 0 Å². The monoisotopic (exact) mass is 339 g/mol. The van der Waals surface area contributed by atoms with E-state index in [4.69, 9.17) is 5.11 Å². The SMILES string of the molecule is Cc1cc(Br)ccc1C1CCCN1C(=O)C(C)C(=O)O. The minimum Gasteiger partial charge on any atom is -0.481 e. The molecule has 4 nitrogen and oxygen atoms in total. The van der Waals surface area contributed by atoms with Crippen molar-refractivity contribution in [2.75, 3.05) is 6.54 Å². The molecule has 0 aromatic heterocycles. The number of hydrogen-bond acceptors (Lipinski definition) is 2. The van der Waals surface area contributed by atoms with Crippen molar-refractivity contribution in [1.82, 2.24) is 4.90 Å². The summed E-state index contributed by atoms with van der Waals surface area (Å²) in [7, 11) is 0. The largest absolute Gasteiger partial charge is 0.481 e. The third-order valence-corrected chi connectivity index (χ3v) is 4.36. The van der Waals surface area contributed by atoms with E-state index in [2.05, 4.69) is 15.9 Å². The maximum Gasteiger partial charge on any atom is 0.315 e. The lowest BCUT2D eigenvalue weighted by Gasteiger charge is -2.27. The molecule has 1 aliphatic heterocycles. The molecule has 0 saturated carbocycles. The van der Waals surface area contributed by atoms with Crippen molar-refractivity contribution in [3.63, 3.8) is 0 Å². The molecule has 1 fully saturated rings. The predicted octanol–water partition coefficient (Wildman–Crippen LogP) is 3.14. The third kappa shape index (κ3) is 2.87. The van der Waals surface area contributed by atoms with E-state index in [0.29, 0.717) is 6.54 Å². The number of aryl methyl sites for hydroxylation is 1. The van der Waals surface area contributed by atoms with E-state index in [9.17, 15) is 9.59 Å². The zero-order chi connectivity index (χ0) is 14.9. The average Bonchev–Trinajstić information content (AvgIpc) is 2.85. The fourth-order valence-electron chi connectivity index (χ4n) is 2.72. The fraction of sp³-hybridized carbons (Fsp3) is 0.467. The second kappa shape index (κ2) is 5.95. The summed E-state index contributed by atoms with van der Waals surface area (Å²) in [6.07, 6.45) is 1.80. The van der Waals surface area contributed by atoms with Crippen LogP contribution in [0.15, 0.2) is 22.7 Å². The zero-order valence-electron chi connectivity index (χ0n) is 11.6. The Labute approximate surface area is 126 Å². The van der Waals surface area contributed by atoms with Gasteiger partial charge in [-0.05, 0) is 49.9 Å². The molecule has 2 unspecified atom stereocenters. The Kier molecular flexibility index (Phi) is 4.48. The van der Waals surface area contributed by atoms with E-state index < -0.39 is 11.9 Å². The minimum atomic E-state index is -1.06. The first-order chi connectivity index (χ1) is 9.41. The Morgan fingerprint density at radius 1 is 1.45 bits per heavy atom. The van der Waals surface area contributed by atoms with Crippen LogP contribution in [-0.2, 0) is 9.59 Å². The minimum absolute atomic E-state index is 0.00241. The van der Waals surface area contributed by atoms with Crippen LogP contribution < -0.4 is 0 Å². The number of nitrogens with zero attached hydrogens (tertiary/aromatic N) is 1. The Hall–Kier alpha value is -1.36. The highest BCUT2D eigenvalue weighted by molar-refractivity contribution is 9.10. The number of carboxylic acids is 1. The number of halogens is 1. The van der Waals surface area contributed by atoms with E-state index in [1.54, 1.807) is 4.90 Å². The summed E-state index contributed by atoms with van der Waals surface area (Å²) < 4.78 is 1.01. The first kappa shape index (κ1) is 15.0. The summed E-state index contributed by atoms with van der Waals surface area (Å²) in [6.45, 7) is 4.10. The van der Waals surface area contributed by atoms with Gasteiger partial charge in [-0.2, -0.15) is 0 Å². The van der Waals surface area contributed by atoms with Gasteiger partial charge < -0.3 is 10.0 Å². The molecule has 0 bridgehead atoms. The predicted molar refractivity (Wildman–Crippen MR) is 79.4 cm³/mol. The second-order valence-electron chi connectivity index (χ2n) is 5.25. The number of benzene rings is 1. The van der Waals surface area contributed by atoms with Gasteiger partial charge >= 0.3 is 5.97 Å². The van der Waals surface area contributed by atoms with Gasteiger partial charge in [0.25, 0.3) is 0 Å². The molecule has 20 heavy (non-hydrogen) atoms. The van der Waals surface area contributed by atoms with Crippen molar-refractivity contribution < 1.29 is 14.7 Å². The van der Waals surface area contributed by atoms with Gasteiger partial charge in [-0.15, -0.1) is 0 Å². The Morgan fingerprint density at radius 3 is 2.75 bits per heavy atom. The van der Waals surface area contributed by atoms with E-state index in [0.717, 1.165) is 28.4 Å². The number of carbonyl (C=O) groups is 2. The highest BCUT2D eigenvalue weighted by Crippen LogP contribution is 2.35. The van der Waals surface area contributed by atoms with Crippen molar-refractivity contribution in [1.29, 1.82) is 0 Å². The first-order valence-electron chi connectivity index (χ1n) is 6.71. The number of carbonyl (C=O) groups excluding carboxylic acids is 1. The highest BCUT2D eigenvalue weighted by atomic mass is 79.9. The molecular formula is C15H18BrNO3. The van der Waals surface area contributed by atoms with E-state index in [-0.39, 0.29) is 11.9 Å². The van der Waals surface area contributed by atoms with Gasteiger partial charge in [0.1, 0.15) is 5.92 Å². The maximum absolute atomic E-state index is 12.3. The molecule has 2 atom stereocenters. The van der Waals surface area contributed by atoms with Crippen LogP contribution in [0.25, 0.3) is 0 Å². The van der Waals surface area contributed by atoms with Crippen LogP contribution >= 0.6 is 15.9 Å². The molecule has 1 aromatic rings. The maximum atomic E-state index is 12.3. The van der Waals surface area contributed by atoms with Crippen LogP contribution in [0.3, 0.4) is 0 Å². The summed E-state index contributed by atoms with van der Waals surface area (Å²) in [6, 6.07) is 6.00. The van der Waals surface area contributed by atoms with Crippen molar-refractivity contribution in [3.8, 4) is 0 Å². The molecule has 1 amide bonds. The Bertz CT molecular complexity index is 544. The zero-order valence-corrected chi connectivity index (χ0v) is 13.2. The van der Waals surface area contributed by atoms with Gasteiger partial charge in [0.2, 0.25) is 5.91 Å². The molecule has 0 aliphatic carbocycles. The molecule has 1 saturated heterocycles. The number of rotatable bonds is 3. The summed E-state index contributed by atoms with van der Waals surface area (Å²) in [5.41, 5.74) is 2.23.